The molecule has 14 nitrogen and oxygen atoms in total. The Morgan fingerprint density at radius 3 is 2.47 bits per heavy atom. The van der Waals surface area contributed by atoms with Crippen LogP contribution in [-0.4, -0.2) is 86.5 Å². The van der Waals surface area contributed by atoms with E-state index in [2.05, 4.69) is 62.7 Å². The number of H-pyrrole nitrogens is 1. The standard InChI is InChI=1S/C44H50ClN7O7S/c1-29(2)22-39(32-4-6-34(45)7-5-32)30(3)27-50-18-20-51(21-19-50)35-8-10-38(42(24-35)59-36-23-33-14-17-47-43(33)48-26-36)44(53)49-60(56,57)37-9-11-41(40(25-37)52(54)55)58-28-31-12-15-46-16-13-31/h4-11,14,17,23-26,29,31,46H,12-13,15-16,18-22,27-28H2,1-3H3,(H,47,48)(H,49,53)/b39-30-. The van der Waals surface area contributed by atoms with E-state index in [1.807, 2.05) is 18.2 Å². The fourth-order valence-electron chi connectivity index (χ4n) is 7.70. The van der Waals surface area contributed by atoms with Crippen molar-refractivity contribution < 1.29 is 27.6 Å². The third kappa shape index (κ3) is 10.4. The summed E-state index contributed by atoms with van der Waals surface area (Å²) in [7, 11) is -4.57. The van der Waals surface area contributed by atoms with Crippen molar-refractivity contribution >= 4 is 55.5 Å². The quantitative estimate of drug-likeness (QED) is 0.0687. The summed E-state index contributed by atoms with van der Waals surface area (Å²) in [6.07, 6.45) is 5.98. The molecule has 0 radical (unpaired) electrons. The molecule has 0 aliphatic carbocycles. The summed E-state index contributed by atoms with van der Waals surface area (Å²) >= 11 is 6.20. The van der Waals surface area contributed by atoms with Gasteiger partial charge in [0, 0.05) is 67.1 Å². The third-order valence-electron chi connectivity index (χ3n) is 10.9. The molecule has 7 rings (SSSR count). The first kappa shape index (κ1) is 42.6. The number of piperidine rings is 1. The molecule has 2 fully saturated rings. The molecule has 60 heavy (non-hydrogen) atoms. The predicted octanol–water partition coefficient (Wildman–Crippen LogP) is 8.06. The maximum Gasteiger partial charge on any atom is 0.312 e. The van der Waals surface area contributed by atoms with Gasteiger partial charge in [-0.3, -0.25) is 19.8 Å². The zero-order chi connectivity index (χ0) is 42.4. The van der Waals surface area contributed by atoms with E-state index in [0.29, 0.717) is 35.4 Å². The summed E-state index contributed by atoms with van der Waals surface area (Å²) in [5.74, 6) is 0.175. The second-order valence-corrected chi connectivity index (χ2v) is 17.9. The zero-order valence-corrected chi connectivity index (χ0v) is 35.5. The SMILES string of the molecule is C/C(CN1CCN(c2ccc(C(=O)NS(=O)(=O)c3ccc(OCC4CCNCC4)c([N+](=O)[O-])c3)c(Oc3cnc4[nH]ccc4c3)c2)CC1)=C(\CC(C)C)c1ccc(Cl)cc1. The number of nitrogens with one attached hydrogen (secondary N) is 3. The minimum absolute atomic E-state index is 0.0377. The van der Waals surface area contributed by atoms with E-state index < -0.39 is 31.4 Å². The molecular formula is C44H50ClN7O7S. The Bertz CT molecular complexity index is 2480. The Balaban J connectivity index is 1.09. The summed E-state index contributed by atoms with van der Waals surface area (Å²) < 4.78 is 41.4. The molecule has 1 amide bonds. The van der Waals surface area contributed by atoms with Crippen molar-refractivity contribution in [2.45, 2.75) is 44.9 Å². The lowest BCUT2D eigenvalue weighted by Crippen LogP contribution is -2.47. The van der Waals surface area contributed by atoms with Crippen LogP contribution in [0.1, 0.15) is 56.0 Å². The number of pyridine rings is 1. The largest absolute Gasteiger partial charge is 0.487 e. The normalized spacial score (nSPS) is 15.8. The number of allylic oxidation sites excluding steroid dienone is 1. The number of piperazine rings is 1. The number of aromatic nitrogens is 2. The molecule has 16 heteroatoms. The highest BCUT2D eigenvalue weighted by Gasteiger charge is 2.28. The van der Waals surface area contributed by atoms with Crippen LogP contribution < -0.4 is 24.4 Å². The van der Waals surface area contributed by atoms with Gasteiger partial charge in [-0.15, -0.1) is 0 Å². The zero-order valence-electron chi connectivity index (χ0n) is 33.9. The van der Waals surface area contributed by atoms with E-state index in [0.717, 1.165) is 69.1 Å². The van der Waals surface area contributed by atoms with Gasteiger partial charge in [-0.1, -0.05) is 43.2 Å². The van der Waals surface area contributed by atoms with Gasteiger partial charge in [0.2, 0.25) is 0 Å². The van der Waals surface area contributed by atoms with Gasteiger partial charge in [-0.05, 0) is 111 Å². The number of aromatic amines is 1. The van der Waals surface area contributed by atoms with Crippen molar-refractivity contribution in [1.29, 1.82) is 0 Å². The maximum absolute atomic E-state index is 13.9. The molecule has 2 aliphatic rings. The second kappa shape index (κ2) is 18.8. The van der Waals surface area contributed by atoms with E-state index >= 15 is 0 Å². The fraction of sp³-hybridized carbons (Fsp3) is 0.364. The number of nitro groups is 1. The van der Waals surface area contributed by atoms with Gasteiger partial charge >= 0.3 is 5.69 Å². The molecule has 0 bridgehead atoms. The van der Waals surface area contributed by atoms with Crippen molar-refractivity contribution in [1.82, 2.24) is 24.9 Å². The summed E-state index contributed by atoms with van der Waals surface area (Å²) in [6.45, 7) is 12.4. The predicted molar refractivity (Wildman–Crippen MR) is 234 cm³/mol. The van der Waals surface area contributed by atoms with Gasteiger partial charge in [0.25, 0.3) is 15.9 Å². The Labute approximate surface area is 355 Å². The number of nitro benzene ring substituents is 1. The summed E-state index contributed by atoms with van der Waals surface area (Å²) in [5, 5.41) is 16.8. The second-order valence-electron chi connectivity index (χ2n) is 15.8. The van der Waals surface area contributed by atoms with Crippen molar-refractivity contribution in [3.05, 3.63) is 117 Å². The van der Waals surface area contributed by atoms with Gasteiger partial charge in [-0.2, -0.15) is 0 Å². The number of hydrogen-bond acceptors (Lipinski definition) is 11. The van der Waals surface area contributed by atoms with E-state index in [4.69, 9.17) is 21.1 Å². The van der Waals surface area contributed by atoms with Crippen LogP contribution in [0.15, 0.2) is 95.7 Å². The van der Waals surface area contributed by atoms with Crippen LogP contribution in [0.25, 0.3) is 16.6 Å². The van der Waals surface area contributed by atoms with E-state index in [1.165, 1.54) is 41.1 Å². The molecule has 3 aromatic carbocycles. The number of anilines is 1. The number of ether oxygens (including phenoxy) is 2. The van der Waals surface area contributed by atoms with Crippen LogP contribution in [0.2, 0.25) is 5.02 Å². The topological polar surface area (TPSA) is 172 Å². The summed E-state index contributed by atoms with van der Waals surface area (Å²) in [4.78, 5) is 36.8. The first-order valence-corrected chi connectivity index (χ1v) is 22.0. The number of carbonyl (C=O) groups excluding carboxylic acids is 1. The summed E-state index contributed by atoms with van der Waals surface area (Å²) in [6, 6.07) is 20.0. The highest BCUT2D eigenvalue weighted by molar-refractivity contribution is 7.90. The van der Waals surface area contributed by atoms with Crippen LogP contribution in [0.3, 0.4) is 0 Å². The number of hydrogen-bond donors (Lipinski definition) is 3. The highest BCUT2D eigenvalue weighted by atomic mass is 35.5. The van der Waals surface area contributed by atoms with Gasteiger partial charge < -0.3 is 24.7 Å². The molecule has 2 aromatic heterocycles. The monoisotopic (exact) mass is 855 g/mol. The molecule has 316 valence electrons. The maximum atomic E-state index is 13.9. The first-order chi connectivity index (χ1) is 28.8. The molecule has 0 unspecified atom stereocenters. The third-order valence-corrected chi connectivity index (χ3v) is 12.5. The minimum atomic E-state index is -4.57. The van der Waals surface area contributed by atoms with Crippen LogP contribution in [0.5, 0.6) is 17.2 Å². The average Bonchev–Trinajstić information content (AvgIpc) is 3.71. The molecule has 5 aromatic rings. The number of sulfonamides is 1. The smallest absolute Gasteiger partial charge is 0.312 e. The Morgan fingerprint density at radius 2 is 1.75 bits per heavy atom. The van der Waals surface area contributed by atoms with Crippen molar-refractivity contribution in [3.8, 4) is 17.2 Å². The molecule has 3 N–H and O–H groups in total. The highest BCUT2D eigenvalue weighted by Crippen LogP contribution is 2.34. The van der Waals surface area contributed by atoms with Crippen LogP contribution in [0.4, 0.5) is 11.4 Å². The fourth-order valence-corrected chi connectivity index (χ4v) is 8.81. The summed E-state index contributed by atoms with van der Waals surface area (Å²) in [5.41, 5.74) is 4.73. The van der Waals surface area contributed by atoms with Crippen LogP contribution in [-0.2, 0) is 10.0 Å². The molecular weight excluding hydrogens is 806 g/mol. The van der Waals surface area contributed by atoms with Gasteiger partial charge in [0.1, 0.15) is 17.1 Å². The number of nitrogens with zero attached hydrogens (tertiary/aromatic N) is 4. The van der Waals surface area contributed by atoms with E-state index in [9.17, 15) is 23.3 Å². The average molecular weight is 856 g/mol. The van der Waals surface area contributed by atoms with Gasteiger partial charge in [-0.25, -0.2) is 18.1 Å². The molecule has 0 spiro atoms. The number of halogens is 1. The van der Waals surface area contributed by atoms with E-state index in [1.54, 1.807) is 24.4 Å². The van der Waals surface area contributed by atoms with Gasteiger partial charge in [0.05, 0.1) is 28.2 Å². The molecule has 2 saturated heterocycles. The van der Waals surface area contributed by atoms with Crippen LogP contribution in [0, 0.1) is 22.0 Å². The van der Waals surface area contributed by atoms with Gasteiger partial charge in [0.15, 0.2) is 5.75 Å². The van der Waals surface area contributed by atoms with Crippen molar-refractivity contribution in [2.24, 2.45) is 11.8 Å². The number of rotatable bonds is 15. The first-order valence-electron chi connectivity index (χ1n) is 20.2. The molecule has 0 atom stereocenters. The molecule has 4 heterocycles. The van der Waals surface area contributed by atoms with Crippen LogP contribution >= 0.6 is 11.6 Å². The Kier molecular flexibility index (Phi) is 13.4. The Morgan fingerprint density at radius 1 is 1.00 bits per heavy atom. The number of fused-ring (bicyclic) bond motifs is 1. The number of carbonyl (C=O) groups is 1. The lowest BCUT2D eigenvalue weighted by Gasteiger charge is -2.37. The molecule has 0 saturated carbocycles. The molecule has 2 aliphatic heterocycles. The lowest BCUT2D eigenvalue weighted by molar-refractivity contribution is -0.386. The van der Waals surface area contributed by atoms with E-state index in [-0.39, 0.29) is 29.6 Å². The van der Waals surface area contributed by atoms with Crippen molar-refractivity contribution in [3.63, 3.8) is 0 Å². The number of amides is 1. The Hall–Kier alpha value is -5.48. The number of benzene rings is 3. The van der Waals surface area contributed by atoms with Crippen molar-refractivity contribution in [2.75, 3.05) is 57.3 Å². The minimum Gasteiger partial charge on any atom is -0.487 e. The lowest BCUT2D eigenvalue weighted by atomic mass is 9.92.